The molecule has 98 valence electrons. The lowest BCUT2D eigenvalue weighted by molar-refractivity contribution is 0.355. The fraction of sp³-hybridized carbons (Fsp3) is 0.500. The van der Waals surface area contributed by atoms with Crippen LogP contribution >= 0.6 is 0 Å². The molecule has 0 radical (unpaired) electrons. The van der Waals surface area contributed by atoms with E-state index in [1.165, 1.54) is 0 Å². The Kier molecular flexibility index (Phi) is 3.66. The monoisotopic (exact) mass is 250 g/mol. The number of methoxy groups -OCH3 is 2. The number of aromatic nitrogens is 3. The fourth-order valence-corrected chi connectivity index (χ4v) is 1.78. The molecule has 0 amide bonds. The molecule has 0 saturated heterocycles. The predicted octanol–water partition coefficient (Wildman–Crippen LogP) is 1.19. The van der Waals surface area contributed by atoms with Gasteiger partial charge in [-0.15, -0.1) is 5.10 Å². The Morgan fingerprint density at radius 1 is 1.28 bits per heavy atom. The molecule has 6 nitrogen and oxygen atoms in total. The molecule has 6 heteroatoms. The smallest absolute Gasteiger partial charge is 0.163 e. The number of nitrogens with two attached hydrogens (primary N) is 1. The predicted molar refractivity (Wildman–Crippen MR) is 68.9 cm³/mol. The van der Waals surface area contributed by atoms with Crippen LogP contribution < -0.4 is 15.2 Å². The Balaban J connectivity index is 2.45. The second kappa shape index (κ2) is 5.22. The minimum atomic E-state index is 0.0722. The summed E-state index contributed by atoms with van der Waals surface area (Å²) in [6, 6.07) is 3.76. The number of nitrogens with zero attached hydrogens (tertiary/aromatic N) is 3. The van der Waals surface area contributed by atoms with Crippen LogP contribution in [0.1, 0.15) is 13.3 Å². The van der Waals surface area contributed by atoms with Crippen LogP contribution in [0.5, 0.6) is 11.5 Å². The van der Waals surface area contributed by atoms with Crippen molar-refractivity contribution in [1.82, 2.24) is 15.0 Å². The van der Waals surface area contributed by atoms with E-state index in [0.717, 1.165) is 17.5 Å². The molecule has 0 aliphatic carbocycles. The lowest BCUT2D eigenvalue weighted by Gasteiger charge is -2.10. The fourth-order valence-electron chi connectivity index (χ4n) is 1.78. The summed E-state index contributed by atoms with van der Waals surface area (Å²) in [6.45, 7) is 2.69. The Bertz CT molecular complexity index is 538. The molecule has 2 aromatic rings. The molecule has 2 N–H and O–H groups in total. The minimum absolute atomic E-state index is 0.0722. The summed E-state index contributed by atoms with van der Waals surface area (Å²) in [5, 5.41) is 8.22. The summed E-state index contributed by atoms with van der Waals surface area (Å²) in [5.41, 5.74) is 7.61. The van der Waals surface area contributed by atoms with Gasteiger partial charge < -0.3 is 15.2 Å². The third-order valence-electron chi connectivity index (χ3n) is 2.95. The van der Waals surface area contributed by atoms with Crippen molar-refractivity contribution in [1.29, 1.82) is 0 Å². The first-order chi connectivity index (χ1) is 8.69. The van der Waals surface area contributed by atoms with Gasteiger partial charge in [-0.25, -0.2) is 4.68 Å². The summed E-state index contributed by atoms with van der Waals surface area (Å²) in [5.74, 6) is 1.32. The van der Waals surface area contributed by atoms with Gasteiger partial charge in [0.25, 0.3) is 0 Å². The third kappa shape index (κ3) is 2.24. The van der Waals surface area contributed by atoms with Crippen molar-refractivity contribution in [2.75, 3.05) is 14.2 Å². The van der Waals surface area contributed by atoms with Crippen molar-refractivity contribution < 1.29 is 9.47 Å². The first-order valence-corrected chi connectivity index (χ1v) is 5.90. The highest BCUT2D eigenvalue weighted by Crippen LogP contribution is 2.31. The SMILES string of the molecule is CCC(N)Cn1nnc2cc(OC)c(OC)cc21. The normalized spacial score (nSPS) is 12.7. The van der Waals surface area contributed by atoms with Crippen LogP contribution in [-0.2, 0) is 6.54 Å². The van der Waals surface area contributed by atoms with E-state index >= 15 is 0 Å². The second-order valence-corrected chi connectivity index (χ2v) is 4.14. The first-order valence-electron chi connectivity index (χ1n) is 5.90. The van der Waals surface area contributed by atoms with E-state index in [1.807, 2.05) is 19.1 Å². The van der Waals surface area contributed by atoms with Crippen LogP contribution in [0.3, 0.4) is 0 Å². The van der Waals surface area contributed by atoms with E-state index in [4.69, 9.17) is 15.2 Å². The molecular formula is C12H18N4O2. The Morgan fingerprint density at radius 3 is 2.56 bits per heavy atom. The van der Waals surface area contributed by atoms with Gasteiger partial charge in [0.15, 0.2) is 11.5 Å². The van der Waals surface area contributed by atoms with Crippen LogP contribution in [0.2, 0.25) is 0 Å². The largest absolute Gasteiger partial charge is 0.493 e. The molecule has 1 heterocycles. The summed E-state index contributed by atoms with van der Waals surface area (Å²) >= 11 is 0. The second-order valence-electron chi connectivity index (χ2n) is 4.14. The first kappa shape index (κ1) is 12.6. The van der Waals surface area contributed by atoms with Gasteiger partial charge in [-0.2, -0.15) is 0 Å². The van der Waals surface area contributed by atoms with E-state index < -0.39 is 0 Å². The average Bonchev–Trinajstić information content (AvgIpc) is 2.79. The van der Waals surface area contributed by atoms with Gasteiger partial charge in [-0.3, -0.25) is 0 Å². The van der Waals surface area contributed by atoms with Crippen molar-refractivity contribution >= 4 is 11.0 Å². The van der Waals surface area contributed by atoms with Crippen LogP contribution in [0, 0.1) is 0 Å². The quantitative estimate of drug-likeness (QED) is 0.862. The van der Waals surface area contributed by atoms with E-state index in [1.54, 1.807) is 18.9 Å². The Labute approximate surface area is 106 Å². The zero-order valence-corrected chi connectivity index (χ0v) is 10.9. The van der Waals surface area contributed by atoms with Gasteiger partial charge in [-0.1, -0.05) is 12.1 Å². The summed E-state index contributed by atoms with van der Waals surface area (Å²) in [7, 11) is 3.21. The van der Waals surface area contributed by atoms with Crippen LogP contribution in [0.15, 0.2) is 12.1 Å². The molecule has 1 aromatic heterocycles. The zero-order chi connectivity index (χ0) is 13.1. The highest BCUT2D eigenvalue weighted by Gasteiger charge is 2.12. The number of hydrogen-bond donors (Lipinski definition) is 1. The van der Waals surface area contributed by atoms with Crippen LogP contribution in [0.4, 0.5) is 0 Å². The lowest BCUT2D eigenvalue weighted by atomic mass is 10.2. The number of hydrogen-bond acceptors (Lipinski definition) is 5. The lowest BCUT2D eigenvalue weighted by Crippen LogP contribution is -2.25. The molecule has 18 heavy (non-hydrogen) atoms. The molecule has 2 rings (SSSR count). The van der Waals surface area contributed by atoms with Crippen molar-refractivity contribution in [3.05, 3.63) is 12.1 Å². The molecule has 0 aliphatic rings. The zero-order valence-electron chi connectivity index (χ0n) is 10.9. The number of benzene rings is 1. The van der Waals surface area contributed by atoms with Gasteiger partial charge in [0.1, 0.15) is 5.52 Å². The van der Waals surface area contributed by atoms with Gasteiger partial charge in [0.05, 0.1) is 26.3 Å². The maximum atomic E-state index is 5.94. The number of rotatable bonds is 5. The van der Waals surface area contributed by atoms with Crippen molar-refractivity contribution in [2.24, 2.45) is 5.73 Å². The van der Waals surface area contributed by atoms with Gasteiger partial charge in [-0.05, 0) is 6.42 Å². The standard InChI is InChI=1S/C12H18N4O2/c1-4-8(13)7-16-10-6-12(18-3)11(17-2)5-9(10)14-15-16/h5-6,8H,4,7,13H2,1-3H3. The van der Waals surface area contributed by atoms with Crippen molar-refractivity contribution in [2.45, 2.75) is 25.9 Å². The van der Waals surface area contributed by atoms with Crippen molar-refractivity contribution in [3.63, 3.8) is 0 Å². The Hall–Kier alpha value is -1.82. The summed E-state index contributed by atoms with van der Waals surface area (Å²) < 4.78 is 12.3. The topological polar surface area (TPSA) is 75.2 Å². The molecule has 0 saturated carbocycles. The number of ether oxygens (including phenoxy) is 2. The van der Waals surface area contributed by atoms with Crippen molar-refractivity contribution in [3.8, 4) is 11.5 Å². The molecule has 0 bridgehead atoms. The molecule has 1 atom stereocenters. The maximum Gasteiger partial charge on any atom is 0.163 e. The molecular weight excluding hydrogens is 232 g/mol. The van der Waals surface area contributed by atoms with E-state index in [0.29, 0.717) is 18.0 Å². The highest BCUT2D eigenvalue weighted by atomic mass is 16.5. The van der Waals surface area contributed by atoms with Gasteiger partial charge in [0.2, 0.25) is 0 Å². The number of fused-ring (bicyclic) bond motifs is 1. The average molecular weight is 250 g/mol. The minimum Gasteiger partial charge on any atom is -0.493 e. The molecule has 1 unspecified atom stereocenters. The highest BCUT2D eigenvalue weighted by molar-refractivity contribution is 5.79. The van der Waals surface area contributed by atoms with Gasteiger partial charge >= 0.3 is 0 Å². The van der Waals surface area contributed by atoms with Gasteiger partial charge in [0, 0.05) is 18.2 Å². The summed E-state index contributed by atoms with van der Waals surface area (Å²) in [6.07, 6.45) is 0.897. The Morgan fingerprint density at radius 2 is 1.94 bits per heavy atom. The molecule has 0 aliphatic heterocycles. The van der Waals surface area contributed by atoms with E-state index in [-0.39, 0.29) is 6.04 Å². The third-order valence-corrected chi connectivity index (χ3v) is 2.95. The van der Waals surface area contributed by atoms with E-state index in [2.05, 4.69) is 10.3 Å². The molecule has 0 spiro atoms. The van der Waals surface area contributed by atoms with Crippen LogP contribution in [-0.4, -0.2) is 35.3 Å². The van der Waals surface area contributed by atoms with E-state index in [9.17, 15) is 0 Å². The maximum absolute atomic E-state index is 5.94. The van der Waals surface area contributed by atoms with Crippen LogP contribution in [0.25, 0.3) is 11.0 Å². The summed E-state index contributed by atoms with van der Waals surface area (Å²) in [4.78, 5) is 0. The molecule has 1 aromatic carbocycles. The molecule has 0 fully saturated rings.